The van der Waals surface area contributed by atoms with Gasteiger partial charge in [-0.2, -0.15) is 8.70 Å². The lowest BCUT2D eigenvalue weighted by Gasteiger charge is -2.31. The molecule has 1 heterocycles. The molecule has 1 aliphatic heterocycles. The van der Waals surface area contributed by atoms with Gasteiger partial charge in [0.1, 0.15) is 0 Å². The second-order valence-corrected chi connectivity index (χ2v) is 7.18. The van der Waals surface area contributed by atoms with E-state index in [0.717, 1.165) is 18.6 Å². The Morgan fingerprint density at radius 1 is 1.50 bits per heavy atom. The molecule has 1 aliphatic rings. The molecule has 0 aromatic heterocycles. The molecular formula is C13H18FN3O4S. The molecule has 0 amide bonds. The van der Waals surface area contributed by atoms with E-state index >= 15 is 0 Å². The fourth-order valence-corrected chi connectivity index (χ4v) is 4.44. The summed E-state index contributed by atoms with van der Waals surface area (Å²) in [4.78, 5) is 9.44. The summed E-state index contributed by atoms with van der Waals surface area (Å²) in [6.45, 7) is 1.23. The molecule has 9 heteroatoms. The third-order valence-corrected chi connectivity index (χ3v) is 5.62. The van der Waals surface area contributed by atoms with Crippen molar-refractivity contribution >= 4 is 15.7 Å². The van der Waals surface area contributed by atoms with Gasteiger partial charge in [0.2, 0.25) is 15.8 Å². The Hall–Kier alpha value is -1.58. The van der Waals surface area contributed by atoms with Crippen LogP contribution < -0.4 is 5.32 Å². The Kier molecular flexibility index (Phi) is 5.09. The average Bonchev–Trinajstić information content (AvgIpc) is 2.47. The highest BCUT2D eigenvalue weighted by atomic mass is 32.2. The minimum atomic E-state index is -4.09. The third kappa shape index (κ3) is 3.26. The van der Waals surface area contributed by atoms with E-state index in [4.69, 9.17) is 0 Å². The Balaban J connectivity index is 2.39. The molecule has 122 valence electrons. The standard InChI is InChI=1S/C13H18FN3O4S/c1-15-8-10-4-3-7-16(9-10)22(20,21)12-6-2-5-11(14)13(12)17(18)19/h2,5-6,10,15H,3-4,7-9H2,1H3. The van der Waals surface area contributed by atoms with Gasteiger partial charge in [0, 0.05) is 13.1 Å². The lowest BCUT2D eigenvalue weighted by molar-refractivity contribution is -0.390. The number of hydrogen-bond donors (Lipinski definition) is 1. The highest BCUT2D eigenvalue weighted by Crippen LogP contribution is 2.31. The lowest BCUT2D eigenvalue weighted by Crippen LogP contribution is -2.42. The van der Waals surface area contributed by atoms with Crippen LogP contribution in [-0.2, 0) is 10.0 Å². The van der Waals surface area contributed by atoms with Crippen molar-refractivity contribution in [2.24, 2.45) is 5.92 Å². The van der Waals surface area contributed by atoms with Crippen molar-refractivity contribution in [2.45, 2.75) is 17.7 Å². The van der Waals surface area contributed by atoms with Crippen LogP contribution in [0.3, 0.4) is 0 Å². The van der Waals surface area contributed by atoms with Gasteiger partial charge in [-0.3, -0.25) is 10.1 Å². The van der Waals surface area contributed by atoms with Crippen LogP contribution >= 0.6 is 0 Å². The number of nitro benzene ring substituents is 1. The number of sulfonamides is 1. The fraction of sp³-hybridized carbons (Fsp3) is 0.538. The Bertz CT molecular complexity index is 663. The van der Waals surface area contributed by atoms with Gasteiger partial charge in [-0.1, -0.05) is 6.07 Å². The maximum Gasteiger partial charge on any atom is 0.324 e. The molecule has 1 fully saturated rings. The van der Waals surface area contributed by atoms with E-state index in [9.17, 15) is 22.9 Å². The molecule has 7 nitrogen and oxygen atoms in total. The van der Waals surface area contributed by atoms with E-state index in [1.165, 1.54) is 10.4 Å². The Morgan fingerprint density at radius 2 is 2.23 bits per heavy atom. The molecule has 1 unspecified atom stereocenters. The number of benzene rings is 1. The first-order chi connectivity index (χ1) is 10.4. The largest absolute Gasteiger partial charge is 0.324 e. The van der Waals surface area contributed by atoms with E-state index < -0.39 is 31.3 Å². The molecule has 2 rings (SSSR count). The zero-order chi connectivity index (χ0) is 16.3. The summed E-state index contributed by atoms with van der Waals surface area (Å²) in [7, 11) is -2.30. The van der Waals surface area contributed by atoms with Gasteiger partial charge in [0.05, 0.1) is 4.92 Å². The monoisotopic (exact) mass is 331 g/mol. The second kappa shape index (κ2) is 6.67. The molecule has 1 aromatic rings. The minimum Gasteiger partial charge on any atom is -0.319 e. The predicted molar refractivity (Wildman–Crippen MR) is 78.5 cm³/mol. The summed E-state index contributed by atoms with van der Waals surface area (Å²) in [5.41, 5.74) is -0.988. The summed E-state index contributed by atoms with van der Waals surface area (Å²) in [6, 6.07) is 3.14. The summed E-state index contributed by atoms with van der Waals surface area (Å²) >= 11 is 0. The van der Waals surface area contributed by atoms with Crippen molar-refractivity contribution in [1.29, 1.82) is 0 Å². The lowest BCUT2D eigenvalue weighted by atomic mass is 10.00. The molecule has 1 saturated heterocycles. The molecule has 0 saturated carbocycles. The molecule has 0 radical (unpaired) electrons. The van der Waals surface area contributed by atoms with Crippen LogP contribution in [0.4, 0.5) is 10.1 Å². The van der Waals surface area contributed by atoms with Crippen LogP contribution in [0.1, 0.15) is 12.8 Å². The number of rotatable bonds is 5. The van der Waals surface area contributed by atoms with Gasteiger partial charge < -0.3 is 5.32 Å². The van der Waals surface area contributed by atoms with E-state index in [0.29, 0.717) is 13.0 Å². The van der Waals surface area contributed by atoms with Gasteiger partial charge in [-0.25, -0.2) is 8.42 Å². The zero-order valence-corrected chi connectivity index (χ0v) is 13.0. The molecular weight excluding hydrogens is 313 g/mol. The van der Waals surface area contributed by atoms with Gasteiger partial charge in [0.25, 0.3) is 0 Å². The van der Waals surface area contributed by atoms with Crippen LogP contribution in [-0.4, -0.2) is 44.3 Å². The van der Waals surface area contributed by atoms with Crippen molar-refractivity contribution in [3.63, 3.8) is 0 Å². The van der Waals surface area contributed by atoms with E-state index in [2.05, 4.69) is 5.32 Å². The van der Waals surface area contributed by atoms with Crippen LogP contribution in [0.2, 0.25) is 0 Å². The number of nitrogens with zero attached hydrogens (tertiary/aromatic N) is 2. The molecule has 22 heavy (non-hydrogen) atoms. The van der Waals surface area contributed by atoms with Crippen LogP contribution in [0.15, 0.2) is 23.1 Å². The molecule has 1 atom stereocenters. The van der Waals surface area contributed by atoms with E-state index in [-0.39, 0.29) is 19.0 Å². The second-order valence-electron chi connectivity index (χ2n) is 5.27. The number of para-hydroxylation sites is 1. The predicted octanol–water partition coefficient (Wildman–Crippen LogP) is 1.35. The van der Waals surface area contributed by atoms with Crippen molar-refractivity contribution < 1.29 is 17.7 Å². The summed E-state index contributed by atoms with van der Waals surface area (Å²) in [6.07, 6.45) is 1.56. The third-order valence-electron chi connectivity index (χ3n) is 3.72. The summed E-state index contributed by atoms with van der Waals surface area (Å²) in [5.74, 6) is -1.00. The van der Waals surface area contributed by atoms with Gasteiger partial charge >= 0.3 is 5.69 Å². The number of nitrogens with one attached hydrogen (secondary N) is 1. The van der Waals surface area contributed by atoms with E-state index in [1.807, 2.05) is 0 Å². The summed E-state index contributed by atoms with van der Waals surface area (Å²) < 4.78 is 40.2. The first-order valence-corrected chi connectivity index (χ1v) is 8.39. The van der Waals surface area contributed by atoms with Crippen molar-refractivity contribution in [2.75, 3.05) is 26.7 Å². The highest BCUT2D eigenvalue weighted by Gasteiger charge is 2.36. The average molecular weight is 331 g/mol. The highest BCUT2D eigenvalue weighted by molar-refractivity contribution is 7.89. The SMILES string of the molecule is CNCC1CCCN(S(=O)(=O)c2cccc(F)c2[N+](=O)[O-])C1. The molecule has 0 spiro atoms. The van der Waals surface area contributed by atoms with Gasteiger partial charge in [-0.05, 0) is 44.5 Å². The van der Waals surface area contributed by atoms with Crippen LogP contribution in [0.5, 0.6) is 0 Å². The number of halogens is 1. The van der Waals surface area contributed by atoms with Gasteiger partial charge in [-0.15, -0.1) is 0 Å². The normalized spacial score (nSPS) is 20.0. The maximum atomic E-state index is 13.7. The maximum absolute atomic E-state index is 13.7. The van der Waals surface area contributed by atoms with Crippen molar-refractivity contribution in [3.05, 3.63) is 34.1 Å². The van der Waals surface area contributed by atoms with E-state index in [1.54, 1.807) is 7.05 Å². The first kappa shape index (κ1) is 16.8. The molecule has 1 N–H and O–H groups in total. The van der Waals surface area contributed by atoms with Crippen LogP contribution in [0, 0.1) is 21.8 Å². The minimum absolute atomic E-state index is 0.140. The first-order valence-electron chi connectivity index (χ1n) is 6.95. The molecule has 0 aliphatic carbocycles. The quantitative estimate of drug-likeness (QED) is 0.649. The number of hydrogen-bond acceptors (Lipinski definition) is 5. The molecule has 0 bridgehead atoms. The van der Waals surface area contributed by atoms with Crippen molar-refractivity contribution in [1.82, 2.24) is 9.62 Å². The zero-order valence-electron chi connectivity index (χ0n) is 12.2. The Morgan fingerprint density at radius 3 is 2.86 bits per heavy atom. The number of nitro groups is 1. The summed E-state index contributed by atoms with van der Waals surface area (Å²) in [5, 5.41) is 14.0. The fourth-order valence-electron chi connectivity index (χ4n) is 2.72. The van der Waals surface area contributed by atoms with Crippen LogP contribution in [0.25, 0.3) is 0 Å². The number of piperidine rings is 1. The Labute approximate surface area is 128 Å². The van der Waals surface area contributed by atoms with Crippen molar-refractivity contribution in [3.8, 4) is 0 Å². The van der Waals surface area contributed by atoms with Gasteiger partial charge in [0.15, 0.2) is 4.90 Å². The topological polar surface area (TPSA) is 92.6 Å². The smallest absolute Gasteiger partial charge is 0.319 e. The molecule has 1 aromatic carbocycles.